The predicted molar refractivity (Wildman–Crippen MR) is 76.6 cm³/mol. The second kappa shape index (κ2) is 5.80. The highest BCUT2D eigenvalue weighted by Crippen LogP contribution is 2.32. The van der Waals surface area contributed by atoms with Crippen molar-refractivity contribution in [2.24, 2.45) is 0 Å². The van der Waals surface area contributed by atoms with Gasteiger partial charge in [-0.1, -0.05) is 6.07 Å². The van der Waals surface area contributed by atoms with Crippen LogP contribution in [0, 0.1) is 32.4 Å². The summed E-state index contributed by atoms with van der Waals surface area (Å²) in [5.74, 6) is -1.39. The molecule has 0 fully saturated rings. The Hall–Kier alpha value is -1.61. The minimum absolute atomic E-state index is 0.0523. The summed E-state index contributed by atoms with van der Waals surface area (Å²) in [6.45, 7) is 5.69. The number of ether oxygens (including phenoxy) is 1. The van der Waals surface area contributed by atoms with Gasteiger partial charge in [-0.3, -0.25) is 0 Å². The quantitative estimate of drug-likeness (QED) is 0.687. The molecule has 0 heterocycles. The molecule has 0 N–H and O–H groups in total. The molecule has 0 saturated carbocycles. The van der Waals surface area contributed by atoms with Crippen molar-refractivity contribution in [2.45, 2.75) is 26.7 Å². The Labute approximate surface area is 122 Å². The molecule has 0 aromatic heterocycles. The monoisotopic (exact) mass is 296 g/mol. The Balaban J connectivity index is 2.45. The van der Waals surface area contributed by atoms with Gasteiger partial charge in [0, 0.05) is 5.88 Å². The SMILES string of the molecule is Cc1cc(C)c(C)c(Oc2c(F)cc(CCl)cc2F)c1. The first-order chi connectivity index (χ1) is 9.42. The minimum Gasteiger partial charge on any atom is -0.451 e. The number of hydrogen-bond donors (Lipinski definition) is 0. The van der Waals surface area contributed by atoms with E-state index in [4.69, 9.17) is 16.3 Å². The fourth-order valence-corrected chi connectivity index (χ4v) is 2.16. The molecule has 2 aromatic rings. The zero-order chi connectivity index (χ0) is 14.9. The van der Waals surface area contributed by atoms with Gasteiger partial charge in [-0.05, 0) is 61.2 Å². The third-order valence-corrected chi connectivity index (χ3v) is 3.50. The number of alkyl halides is 1. The van der Waals surface area contributed by atoms with Gasteiger partial charge in [0.05, 0.1) is 0 Å². The van der Waals surface area contributed by atoms with Crippen molar-refractivity contribution in [2.75, 3.05) is 0 Å². The molecule has 20 heavy (non-hydrogen) atoms. The normalized spacial score (nSPS) is 10.7. The maximum atomic E-state index is 13.9. The van der Waals surface area contributed by atoms with Crippen molar-refractivity contribution in [1.82, 2.24) is 0 Å². The van der Waals surface area contributed by atoms with Gasteiger partial charge >= 0.3 is 0 Å². The third-order valence-electron chi connectivity index (χ3n) is 3.19. The van der Waals surface area contributed by atoms with Crippen LogP contribution in [0.4, 0.5) is 8.78 Å². The van der Waals surface area contributed by atoms with Gasteiger partial charge in [0.15, 0.2) is 17.4 Å². The first kappa shape index (κ1) is 14.8. The van der Waals surface area contributed by atoms with E-state index >= 15 is 0 Å². The molecule has 0 atom stereocenters. The Morgan fingerprint density at radius 2 is 1.60 bits per heavy atom. The average molecular weight is 297 g/mol. The zero-order valence-corrected chi connectivity index (χ0v) is 12.3. The van der Waals surface area contributed by atoms with E-state index in [9.17, 15) is 8.78 Å². The maximum Gasteiger partial charge on any atom is 0.198 e. The highest BCUT2D eigenvalue weighted by Gasteiger charge is 2.15. The lowest BCUT2D eigenvalue weighted by atomic mass is 10.1. The molecule has 2 aromatic carbocycles. The van der Waals surface area contributed by atoms with E-state index in [1.165, 1.54) is 12.1 Å². The van der Waals surface area contributed by atoms with Crippen LogP contribution in [-0.2, 0) is 5.88 Å². The van der Waals surface area contributed by atoms with Crippen molar-refractivity contribution in [3.05, 3.63) is 58.2 Å². The number of halogens is 3. The molecule has 0 spiro atoms. The lowest BCUT2D eigenvalue weighted by Crippen LogP contribution is -1.97. The molecular weight excluding hydrogens is 282 g/mol. The molecule has 0 aliphatic carbocycles. The average Bonchev–Trinajstić information content (AvgIpc) is 2.38. The van der Waals surface area contributed by atoms with Crippen LogP contribution >= 0.6 is 11.6 Å². The van der Waals surface area contributed by atoms with Crippen LogP contribution in [0.5, 0.6) is 11.5 Å². The summed E-state index contributed by atoms with van der Waals surface area (Å²) in [6, 6.07) is 6.12. The van der Waals surface area contributed by atoms with Crippen molar-refractivity contribution >= 4 is 11.6 Å². The highest BCUT2D eigenvalue weighted by molar-refractivity contribution is 6.17. The van der Waals surface area contributed by atoms with E-state index in [0.29, 0.717) is 11.3 Å². The molecule has 106 valence electrons. The first-order valence-electron chi connectivity index (χ1n) is 6.22. The molecule has 0 unspecified atom stereocenters. The number of benzene rings is 2. The summed E-state index contributed by atoms with van der Waals surface area (Å²) in [7, 11) is 0. The minimum atomic E-state index is -0.751. The fourth-order valence-electron chi connectivity index (χ4n) is 2.00. The Morgan fingerprint density at radius 1 is 1.00 bits per heavy atom. The largest absolute Gasteiger partial charge is 0.451 e. The van der Waals surface area contributed by atoms with Gasteiger partial charge in [0.25, 0.3) is 0 Å². The van der Waals surface area contributed by atoms with E-state index < -0.39 is 17.4 Å². The van der Waals surface area contributed by atoms with E-state index in [2.05, 4.69) is 0 Å². The number of aryl methyl sites for hydroxylation is 2. The predicted octanol–water partition coefficient (Wildman–Crippen LogP) is 5.42. The second-order valence-electron chi connectivity index (χ2n) is 4.83. The van der Waals surface area contributed by atoms with Crippen LogP contribution in [0.2, 0.25) is 0 Å². The Kier molecular flexibility index (Phi) is 4.29. The van der Waals surface area contributed by atoms with E-state index in [1.54, 1.807) is 6.07 Å². The summed E-state index contributed by atoms with van der Waals surface area (Å²) in [6.07, 6.45) is 0. The third kappa shape index (κ3) is 2.93. The molecule has 0 radical (unpaired) electrons. The summed E-state index contributed by atoms with van der Waals surface area (Å²) in [5, 5.41) is 0. The van der Waals surface area contributed by atoms with Crippen molar-refractivity contribution in [3.8, 4) is 11.5 Å². The van der Waals surface area contributed by atoms with E-state index in [0.717, 1.165) is 16.7 Å². The van der Waals surface area contributed by atoms with Crippen LogP contribution in [-0.4, -0.2) is 0 Å². The number of hydrogen-bond acceptors (Lipinski definition) is 1. The molecule has 1 nitrogen and oxygen atoms in total. The molecule has 0 bridgehead atoms. The summed E-state index contributed by atoms with van der Waals surface area (Å²) in [5.41, 5.74) is 3.22. The molecule has 2 rings (SSSR count). The van der Waals surface area contributed by atoms with Gasteiger partial charge in [-0.2, -0.15) is 0 Å². The van der Waals surface area contributed by atoms with Crippen LogP contribution in [0.15, 0.2) is 24.3 Å². The van der Waals surface area contributed by atoms with Gasteiger partial charge < -0.3 is 4.74 Å². The topological polar surface area (TPSA) is 9.23 Å². The van der Waals surface area contributed by atoms with E-state index in [-0.39, 0.29) is 5.88 Å². The van der Waals surface area contributed by atoms with Crippen LogP contribution in [0.1, 0.15) is 22.3 Å². The Morgan fingerprint density at radius 3 is 2.15 bits per heavy atom. The summed E-state index contributed by atoms with van der Waals surface area (Å²) in [4.78, 5) is 0. The summed E-state index contributed by atoms with van der Waals surface area (Å²) >= 11 is 5.58. The fraction of sp³-hybridized carbons (Fsp3) is 0.250. The highest BCUT2D eigenvalue weighted by atomic mass is 35.5. The standard InChI is InChI=1S/C16H15ClF2O/c1-9-4-10(2)11(3)15(5-9)20-16-13(18)6-12(8-17)7-14(16)19/h4-7H,8H2,1-3H3. The van der Waals surface area contributed by atoms with Crippen molar-refractivity contribution in [3.63, 3.8) is 0 Å². The molecular formula is C16H15ClF2O. The van der Waals surface area contributed by atoms with Crippen LogP contribution < -0.4 is 4.74 Å². The van der Waals surface area contributed by atoms with Crippen molar-refractivity contribution in [1.29, 1.82) is 0 Å². The lowest BCUT2D eigenvalue weighted by Gasteiger charge is -2.13. The first-order valence-corrected chi connectivity index (χ1v) is 6.75. The lowest BCUT2D eigenvalue weighted by molar-refractivity contribution is 0.404. The van der Waals surface area contributed by atoms with Gasteiger partial charge in [-0.15, -0.1) is 11.6 Å². The van der Waals surface area contributed by atoms with Gasteiger partial charge in [0.2, 0.25) is 0 Å². The van der Waals surface area contributed by atoms with Crippen molar-refractivity contribution < 1.29 is 13.5 Å². The van der Waals surface area contributed by atoms with E-state index in [1.807, 2.05) is 26.8 Å². The molecule has 0 aliphatic rings. The molecule has 4 heteroatoms. The van der Waals surface area contributed by atoms with Crippen LogP contribution in [0.3, 0.4) is 0 Å². The second-order valence-corrected chi connectivity index (χ2v) is 5.10. The van der Waals surface area contributed by atoms with Gasteiger partial charge in [0.1, 0.15) is 5.75 Å². The maximum absolute atomic E-state index is 13.9. The summed E-state index contributed by atoms with van der Waals surface area (Å²) < 4.78 is 33.2. The number of rotatable bonds is 3. The molecule has 0 aliphatic heterocycles. The smallest absolute Gasteiger partial charge is 0.198 e. The molecule has 0 amide bonds. The van der Waals surface area contributed by atoms with Crippen LogP contribution in [0.25, 0.3) is 0 Å². The zero-order valence-electron chi connectivity index (χ0n) is 11.6. The van der Waals surface area contributed by atoms with Gasteiger partial charge in [-0.25, -0.2) is 8.78 Å². The Bertz CT molecular complexity index is 630. The molecule has 0 saturated heterocycles.